The minimum Gasteiger partial charge on any atom is -0.480 e. The molecule has 17 heavy (non-hydrogen) atoms. The van der Waals surface area contributed by atoms with Crippen LogP contribution in [0.5, 0.6) is 0 Å². The maximum atomic E-state index is 13.5. The van der Waals surface area contributed by atoms with Crippen LogP contribution in [0.4, 0.5) is 10.1 Å². The lowest BCUT2D eigenvalue weighted by Gasteiger charge is -2.18. The molecule has 4 nitrogen and oxygen atoms in total. The van der Waals surface area contributed by atoms with Crippen LogP contribution in [-0.2, 0) is 11.3 Å². The molecule has 0 atom stereocenters. The molecule has 0 fully saturated rings. The van der Waals surface area contributed by atoms with Crippen molar-refractivity contribution < 1.29 is 14.3 Å². The zero-order valence-corrected chi connectivity index (χ0v) is 10.0. The highest BCUT2D eigenvalue weighted by Gasteiger charge is 2.11. The van der Waals surface area contributed by atoms with Gasteiger partial charge in [0.2, 0.25) is 0 Å². The fourth-order valence-electron chi connectivity index (χ4n) is 1.52. The van der Waals surface area contributed by atoms with Crippen LogP contribution in [-0.4, -0.2) is 31.2 Å². The first kappa shape index (κ1) is 13.4. The van der Waals surface area contributed by atoms with Crippen LogP contribution in [0.2, 0.25) is 0 Å². The first-order valence-electron chi connectivity index (χ1n) is 5.46. The first-order chi connectivity index (χ1) is 8.04. The van der Waals surface area contributed by atoms with Gasteiger partial charge in [0.15, 0.2) is 0 Å². The molecular formula is C12H17FN2O2. The van der Waals surface area contributed by atoms with Crippen LogP contribution in [0.1, 0.15) is 12.5 Å². The maximum Gasteiger partial charge on any atom is 0.323 e. The molecule has 0 unspecified atom stereocenters. The summed E-state index contributed by atoms with van der Waals surface area (Å²) in [5.41, 5.74) is 1.24. The number of carbonyl (C=O) groups is 1. The van der Waals surface area contributed by atoms with Gasteiger partial charge >= 0.3 is 5.97 Å². The van der Waals surface area contributed by atoms with E-state index in [0.29, 0.717) is 12.2 Å². The van der Waals surface area contributed by atoms with Crippen LogP contribution in [0.3, 0.4) is 0 Å². The number of carboxylic acid groups (broad SMARTS) is 1. The zero-order valence-electron chi connectivity index (χ0n) is 10.0. The van der Waals surface area contributed by atoms with Crippen molar-refractivity contribution in [2.45, 2.75) is 13.5 Å². The van der Waals surface area contributed by atoms with E-state index in [1.54, 1.807) is 19.2 Å². The number of halogens is 1. The standard InChI is InChI=1S/C12H17FN2O2/c1-3-14-7-9-4-5-10(13)11(6-9)15(2)8-12(16)17/h4-6,14H,3,7-8H2,1-2H3,(H,16,17). The summed E-state index contributed by atoms with van der Waals surface area (Å²) in [5, 5.41) is 11.8. The molecule has 0 saturated heterocycles. The quantitative estimate of drug-likeness (QED) is 0.790. The van der Waals surface area contributed by atoms with E-state index < -0.39 is 11.8 Å². The summed E-state index contributed by atoms with van der Waals surface area (Å²) >= 11 is 0. The van der Waals surface area contributed by atoms with Crippen molar-refractivity contribution >= 4 is 11.7 Å². The van der Waals surface area contributed by atoms with Gasteiger partial charge in [0, 0.05) is 13.6 Å². The molecule has 0 heterocycles. The third-order valence-electron chi connectivity index (χ3n) is 2.37. The molecule has 1 aromatic rings. The lowest BCUT2D eigenvalue weighted by atomic mass is 10.1. The highest BCUT2D eigenvalue weighted by molar-refractivity contribution is 5.73. The van der Waals surface area contributed by atoms with E-state index in [1.165, 1.54) is 11.0 Å². The summed E-state index contributed by atoms with van der Waals surface area (Å²) in [5.74, 6) is -1.39. The molecule has 94 valence electrons. The Hall–Kier alpha value is -1.62. The molecule has 1 aromatic carbocycles. The summed E-state index contributed by atoms with van der Waals surface area (Å²) in [7, 11) is 1.56. The monoisotopic (exact) mass is 240 g/mol. The van der Waals surface area contributed by atoms with E-state index in [-0.39, 0.29) is 6.54 Å². The molecule has 2 N–H and O–H groups in total. The minimum absolute atomic E-state index is 0.221. The number of aliphatic carboxylic acids is 1. The molecule has 0 radical (unpaired) electrons. The number of hydrogen-bond donors (Lipinski definition) is 2. The van der Waals surface area contributed by atoms with Gasteiger partial charge in [-0.15, -0.1) is 0 Å². The second kappa shape index (κ2) is 6.20. The number of rotatable bonds is 6. The number of carboxylic acids is 1. The van der Waals surface area contributed by atoms with E-state index in [4.69, 9.17) is 5.11 Å². The van der Waals surface area contributed by atoms with E-state index in [0.717, 1.165) is 12.1 Å². The Morgan fingerprint density at radius 1 is 1.53 bits per heavy atom. The lowest BCUT2D eigenvalue weighted by Crippen LogP contribution is -2.26. The third kappa shape index (κ3) is 4.03. The van der Waals surface area contributed by atoms with Crippen molar-refractivity contribution in [1.29, 1.82) is 0 Å². The second-order valence-corrected chi connectivity index (χ2v) is 3.82. The number of benzene rings is 1. The zero-order chi connectivity index (χ0) is 12.8. The Labute approximate surface area is 100 Å². The molecule has 0 bridgehead atoms. The van der Waals surface area contributed by atoms with Crippen molar-refractivity contribution in [3.8, 4) is 0 Å². The summed E-state index contributed by atoms with van der Waals surface area (Å²) in [6.45, 7) is 3.24. The number of nitrogens with zero attached hydrogens (tertiary/aromatic N) is 1. The van der Waals surface area contributed by atoms with E-state index in [9.17, 15) is 9.18 Å². The van der Waals surface area contributed by atoms with Crippen LogP contribution in [0.15, 0.2) is 18.2 Å². The van der Waals surface area contributed by atoms with Gasteiger partial charge in [-0.05, 0) is 24.2 Å². The fraction of sp³-hybridized carbons (Fsp3) is 0.417. The lowest BCUT2D eigenvalue weighted by molar-refractivity contribution is -0.135. The molecule has 0 spiro atoms. The first-order valence-corrected chi connectivity index (χ1v) is 5.46. The van der Waals surface area contributed by atoms with Crippen LogP contribution >= 0.6 is 0 Å². The normalized spacial score (nSPS) is 10.3. The number of anilines is 1. The number of likely N-dealkylation sites (N-methyl/N-ethyl adjacent to an activating group) is 1. The van der Waals surface area contributed by atoms with Crippen molar-refractivity contribution in [1.82, 2.24) is 5.32 Å². The molecular weight excluding hydrogens is 223 g/mol. The van der Waals surface area contributed by atoms with Gasteiger partial charge < -0.3 is 15.3 Å². The Balaban J connectivity index is 2.85. The third-order valence-corrected chi connectivity index (χ3v) is 2.37. The molecule has 0 amide bonds. The highest BCUT2D eigenvalue weighted by Crippen LogP contribution is 2.19. The van der Waals surface area contributed by atoms with Crippen LogP contribution < -0.4 is 10.2 Å². The minimum atomic E-state index is -0.982. The van der Waals surface area contributed by atoms with Gasteiger partial charge in [0.25, 0.3) is 0 Å². The molecule has 1 rings (SSSR count). The molecule has 0 aliphatic rings. The van der Waals surface area contributed by atoms with Gasteiger partial charge in [-0.3, -0.25) is 4.79 Å². The topological polar surface area (TPSA) is 52.6 Å². The molecule has 0 aliphatic carbocycles. The Kier molecular flexibility index (Phi) is 4.90. The summed E-state index contributed by atoms with van der Waals surface area (Å²) < 4.78 is 13.5. The van der Waals surface area contributed by atoms with Gasteiger partial charge in [-0.1, -0.05) is 13.0 Å². The molecule has 5 heteroatoms. The molecule has 0 saturated carbocycles. The van der Waals surface area contributed by atoms with E-state index >= 15 is 0 Å². The fourth-order valence-corrected chi connectivity index (χ4v) is 1.52. The van der Waals surface area contributed by atoms with Gasteiger partial charge in [0.1, 0.15) is 12.4 Å². The average Bonchev–Trinajstić information content (AvgIpc) is 2.27. The van der Waals surface area contributed by atoms with E-state index in [1.807, 2.05) is 6.92 Å². The van der Waals surface area contributed by atoms with Crippen LogP contribution in [0.25, 0.3) is 0 Å². The number of hydrogen-bond acceptors (Lipinski definition) is 3. The van der Waals surface area contributed by atoms with Crippen molar-refractivity contribution in [3.05, 3.63) is 29.6 Å². The predicted octanol–water partition coefficient (Wildman–Crippen LogP) is 1.46. The summed E-state index contributed by atoms with van der Waals surface area (Å²) in [6.07, 6.45) is 0. The average molecular weight is 240 g/mol. The number of nitrogens with one attached hydrogen (secondary N) is 1. The Morgan fingerprint density at radius 3 is 2.82 bits per heavy atom. The SMILES string of the molecule is CCNCc1ccc(F)c(N(C)CC(=O)O)c1. The molecule has 0 aromatic heterocycles. The second-order valence-electron chi connectivity index (χ2n) is 3.82. The Bertz CT molecular complexity index is 396. The van der Waals surface area contributed by atoms with Crippen LogP contribution in [0, 0.1) is 5.82 Å². The van der Waals surface area contributed by atoms with Gasteiger partial charge in [-0.25, -0.2) is 4.39 Å². The predicted molar refractivity (Wildman–Crippen MR) is 64.7 cm³/mol. The van der Waals surface area contributed by atoms with E-state index in [2.05, 4.69) is 5.32 Å². The van der Waals surface area contributed by atoms with Gasteiger partial charge in [-0.2, -0.15) is 0 Å². The highest BCUT2D eigenvalue weighted by atomic mass is 19.1. The maximum absolute atomic E-state index is 13.5. The van der Waals surface area contributed by atoms with Crippen molar-refractivity contribution in [2.24, 2.45) is 0 Å². The van der Waals surface area contributed by atoms with Crippen molar-refractivity contribution in [2.75, 3.05) is 25.0 Å². The summed E-state index contributed by atoms with van der Waals surface area (Å²) in [6, 6.07) is 4.72. The largest absolute Gasteiger partial charge is 0.480 e. The smallest absolute Gasteiger partial charge is 0.323 e. The Morgan fingerprint density at radius 2 is 2.24 bits per heavy atom. The van der Waals surface area contributed by atoms with Gasteiger partial charge in [0.05, 0.1) is 5.69 Å². The molecule has 0 aliphatic heterocycles. The summed E-state index contributed by atoms with van der Waals surface area (Å²) in [4.78, 5) is 12.0. The van der Waals surface area contributed by atoms with Crippen molar-refractivity contribution in [3.63, 3.8) is 0 Å².